The van der Waals surface area contributed by atoms with Crippen molar-refractivity contribution < 1.29 is 18.3 Å². The molecule has 45 heavy (non-hydrogen) atoms. The lowest BCUT2D eigenvalue weighted by Crippen LogP contribution is -2.57. The molecule has 9 nitrogen and oxygen atoms in total. The maximum atomic E-state index is 14.5. The van der Waals surface area contributed by atoms with E-state index in [1.54, 1.807) is 12.1 Å². The normalized spacial score (nSPS) is 21.1. The summed E-state index contributed by atoms with van der Waals surface area (Å²) >= 11 is 6.48. The molecule has 3 fully saturated rings. The van der Waals surface area contributed by atoms with Gasteiger partial charge in [0.2, 0.25) is 0 Å². The van der Waals surface area contributed by atoms with E-state index in [1.807, 2.05) is 18.2 Å². The summed E-state index contributed by atoms with van der Waals surface area (Å²) in [6.45, 7) is 9.77. The summed E-state index contributed by atoms with van der Waals surface area (Å²) < 4.78 is 34.5. The Kier molecular flexibility index (Phi) is 9.06. The van der Waals surface area contributed by atoms with E-state index in [2.05, 4.69) is 21.3 Å². The van der Waals surface area contributed by atoms with E-state index >= 15 is 0 Å². The molecule has 2 saturated heterocycles. The first kappa shape index (κ1) is 31.0. The minimum Gasteiger partial charge on any atom is -0.458 e. The Morgan fingerprint density at radius 3 is 2.47 bits per heavy atom. The summed E-state index contributed by atoms with van der Waals surface area (Å²) in [4.78, 5) is 30.3. The Morgan fingerprint density at radius 1 is 1.07 bits per heavy atom. The minimum atomic E-state index is -0.940. The Labute approximate surface area is 266 Å². The summed E-state index contributed by atoms with van der Waals surface area (Å²) in [6, 6.07) is 11.5. The highest BCUT2D eigenvalue weighted by atomic mass is 35.5. The average molecular weight is 636 g/mol. The number of piperazine rings is 1. The number of likely N-dealkylation sites (tertiary alicyclic amines) is 1. The molecule has 4 aliphatic rings. The van der Waals surface area contributed by atoms with E-state index in [4.69, 9.17) is 31.6 Å². The SMILES string of the molecule is C=C(F)C(=O)N1CCN(c2nc(OC3CCC3N3CCC3)nc3c2CCN(c2cccc4ccc(F)c(Cl)c24)C3)CC1.CC#N. The fourth-order valence-corrected chi connectivity index (χ4v) is 6.84. The number of carbonyl (C=O) groups excluding carboxylic acids is 1. The first-order valence-corrected chi connectivity index (χ1v) is 15.8. The van der Waals surface area contributed by atoms with Gasteiger partial charge in [0, 0.05) is 62.3 Å². The van der Waals surface area contributed by atoms with Gasteiger partial charge in [0.05, 0.1) is 23.3 Å². The molecule has 0 radical (unpaired) electrons. The topological polar surface area (TPSA) is 88.8 Å². The number of hydrogen-bond donors (Lipinski definition) is 0. The van der Waals surface area contributed by atoms with Crippen LogP contribution in [0, 0.1) is 17.1 Å². The first-order chi connectivity index (χ1) is 21.8. The largest absolute Gasteiger partial charge is 0.458 e. The van der Waals surface area contributed by atoms with Crippen LogP contribution in [0.5, 0.6) is 6.01 Å². The number of aromatic nitrogens is 2. The van der Waals surface area contributed by atoms with Crippen LogP contribution < -0.4 is 14.5 Å². The number of nitrogens with zero attached hydrogens (tertiary/aromatic N) is 7. The fourth-order valence-electron chi connectivity index (χ4n) is 6.57. The highest BCUT2D eigenvalue weighted by Crippen LogP contribution is 2.39. The maximum Gasteiger partial charge on any atom is 0.319 e. The van der Waals surface area contributed by atoms with E-state index < -0.39 is 17.6 Å². The van der Waals surface area contributed by atoms with Crippen molar-refractivity contribution in [3.8, 4) is 12.1 Å². The lowest BCUT2D eigenvalue weighted by atomic mass is 9.86. The highest BCUT2D eigenvalue weighted by Gasteiger charge is 2.40. The molecular weight excluding hydrogens is 600 g/mol. The average Bonchev–Trinajstić information content (AvgIpc) is 3.02. The molecule has 2 unspecified atom stereocenters. The van der Waals surface area contributed by atoms with Gasteiger partial charge in [0.25, 0.3) is 5.91 Å². The number of halogens is 3. The highest BCUT2D eigenvalue weighted by molar-refractivity contribution is 6.36. The van der Waals surface area contributed by atoms with Crippen LogP contribution in [0.1, 0.15) is 37.4 Å². The molecule has 1 amide bonds. The predicted molar refractivity (Wildman–Crippen MR) is 170 cm³/mol. The predicted octanol–water partition coefficient (Wildman–Crippen LogP) is 5.26. The lowest BCUT2D eigenvalue weighted by molar-refractivity contribution is -0.128. The molecule has 7 rings (SSSR count). The van der Waals surface area contributed by atoms with Gasteiger partial charge in [-0.15, -0.1) is 0 Å². The number of nitriles is 1. The number of amides is 1. The zero-order chi connectivity index (χ0) is 31.7. The molecule has 0 bridgehead atoms. The van der Waals surface area contributed by atoms with Gasteiger partial charge in [-0.2, -0.15) is 15.2 Å². The van der Waals surface area contributed by atoms with Crippen LogP contribution in [-0.4, -0.2) is 83.6 Å². The van der Waals surface area contributed by atoms with Crippen LogP contribution in [0.25, 0.3) is 10.8 Å². The summed E-state index contributed by atoms with van der Waals surface area (Å²) in [5.41, 5.74) is 2.76. The molecule has 12 heteroatoms. The van der Waals surface area contributed by atoms with Crippen LogP contribution in [0.4, 0.5) is 20.3 Å². The molecule has 1 aliphatic carbocycles. The molecule has 1 aromatic heterocycles. The minimum absolute atomic E-state index is 0.0563. The summed E-state index contributed by atoms with van der Waals surface area (Å²) in [5.74, 6) is -1.24. The van der Waals surface area contributed by atoms with Gasteiger partial charge in [-0.1, -0.05) is 36.4 Å². The van der Waals surface area contributed by atoms with E-state index in [9.17, 15) is 13.6 Å². The van der Waals surface area contributed by atoms with E-state index in [-0.39, 0.29) is 11.1 Å². The van der Waals surface area contributed by atoms with Gasteiger partial charge in [0.15, 0.2) is 5.83 Å². The zero-order valence-corrected chi connectivity index (χ0v) is 26.1. The number of ether oxygens (including phenoxy) is 1. The van der Waals surface area contributed by atoms with Crippen molar-refractivity contribution in [3.05, 3.63) is 64.8 Å². The standard InChI is InChI=1S/C31H33ClF2N6O2.C2H3N/c1-19(33)30(41)39-16-14-38(15-17-39)29-21-10-13-40(25-5-2-4-20-6-7-22(34)28(32)27(20)25)18-23(21)35-31(36-29)42-26-9-8-24(26)37-11-3-12-37;1-2-3/h2,4-7,24,26H,1,3,8-18H2;1H3. The van der Waals surface area contributed by atoms with Crippen molar-refractivity contribution in [1.29, 1.82) is 5.26 Å². The Morgan fingerprint density at radius 2 is 1.82 bits per heavy atom. The maximum absolute atomic E-state index is 14.5. The van der Waals surface area contributed by atoms with Gasteiger partial charge in [-0.05, 0) is 56.3 Å². The van der Waals surface area contributed by atoms with Gasteiger partial charge < -0.3 is 19.4 Å². The van der Waals surface area contributed by atoms with Crippen LogP contribution in [0.3, 0.4) is 0 Å². The third kappa shape index (κ3) is 6.14. The number of carbonyl (C=O) groups is 1. The Bertz CT molecular complexity index is 1650. The zero-order valence-electron chi connectivity index (χ0n) is 25.3. The molecule has 0 N–H and O–H groups in total. The van der Waals surface area contributed by atoms with Crippen LogP contribution in [0.2, 0.25) is 5.02 Å². The summed E-state index contributed by atoms with van der Waals surface area (Å²) in [5, 5.41) is 9.00. The van der Waals surface area contributed by atoms with Gasteiger partial charge in [0.1, 0.15) is 17.7 Å². The van der Waals surface area contributed by atoms with Crippen molar-refractivity contribution in [3.63, 3.8) is 0 Å². The first-order valence-electron chi connectivity index (χ1n) is 15.4. The fraction of sp³-hybridized carbons (Fsp3) is 0.455. The quantitative estimate of drug-likeness (QED) is 0.339. The van der Waals surface area contributed by atoms with Crippen LogP contribution in [-0.2, 0) is 17.8 Å². The number of hydrogen-bond acceptors (Lipinski definition) is 8. The Hall–Kier alpha value is -4.01. The number of anilines is 2. The molecule has 3 aliphatic heterocycles. The van der Waals surface area contributed by atoms with Crippen molar-refractivity contribution in [2.24, 2.45) is 0 Å². The third-order valence-electron chi connectivity index (χ3n) is 9.17. The van der Waals surface area contributed by atoms with Crippen molar-refractivity contribution in [1.82, 2.24) is 19.8 Å². The molecule has 236 valence electrons. The lowest BCUT2D eigenvalue weighted by Gasteiger charge is -2.47. The third-order valence-corrected chi connectivity index (χ3v) is 9.54. The number of benzene rings is 2. The monoisotopic (exact) mass is 635 g/mol. The number of fused-ring (bicyclic) bond motifs is 2. The van der Waals surface area contributed by atoms with Crippen LogP contribution >= 0.6 is 11.6 Å². The van der Waals surface area contributed by atoms with Crippen LogP contribution in [0.15, 0.2) is 42.7 Å². The second-order valence-electron chi connectivity index (χ2n) is 11.8. The molecular formula is C33H36ClF2N7O2. The van der Waals surface area contributed by atoms with E-state index in [1.165, 1.54) is 24.3 Å². The Balaban J connectivity index is 0.00000115. The smallest absolute Gasteiger partial charge is 0.319 e. The molecule has 0 spiro atoms. The van der Waals surface area contributed by atoms with E-state index in [0.29, 0.717) is 63.1 Å². The van der Waals surface area contributed by atoms with Gasteiger partial charge >= 0.3 is 6.01 Å². The molecule has 2 atom stereocenters. The van der Waals surface area contributed by atoms with Crippen molar-refractivity contribution in [2.45, 2.75) is 51.3 Å². The van der Waals surface area contributed by atoms with Crippen molar-refractivity contribution in [2.75, 3.05) is 55.6 Å². The molecule has 1 saturated carbocycles. The summed E-state index contributed by atoms with van der Waals surface area (Å²) in [7, 11) is 0. The molecule has 3 aromatic rings. The summed E-state index contributed by atoms with van der Waals surface area (Å²) in [6.07, 6.45) is 4.04. The van der Waals surface area contributed by atoms with Crippen molar-refractivity contribution >= 4 is 39.8 Å². The second kappa shape index (κ2) is 13.2. The molecule has 2 aromatic carbocycles. The molecule has 4 heterocycles. The van der Waals surface area contributed by atoms with Gasteiger partial charge in [-0.3, -0.25) is 9.69 Å². The number of rotatable bonds is 6. The van der Waals surface area contributed by atoms with Gasteiger partial charge in [-0.25, -0.2) is 8.78 Å². The second-order valence-corrected chi connectivity index (χ2v) is 12.1. The van der Waals surface area contributed by atoms with E-state index in [0.717, 1.165) is 54.1 Å².